The lowest BCUT2D eigenvalue weighted by molar-refractivity contribution is -0.120. The molecule has 1 heterocycles. The average Bonchev–Trinajstić information content (AvgIpc) is 2.65. The van der Waals surface area contributed by atoms with Gasteiger partial charge in [0.05, 0.1) is 5.75 Å². The van der Waals surface area contributed by atoms with Crippen LogP contribution < -0.4 is 10.5 Å². The zero-order valence-corrected chi connectivity index (χ0v) is 16.1. The third-order valence-corrected chi connectivity index (χ3v) is 6.59. The number of primary amides is 1. The molecule has 1 aliphatic heterocycles. The van der Waals surface area contributed by atoms with E-state index in [1.807, 2.05) is 6.07 Å². The van der Waals surface area contributed by atoms with Gasteiger partial charge >= 0.3 is 0 Å². The van der Waals surface area contributed by atoms with E-state index in [2.05, 4.69) is 0 Å². The van der Waals surface area contributed by atoms with Crippen molar-refractivity contribution in [3.05, 3.63) is 66.0 Å². The number of hydrogen-bond donors (Lipinski definition) is 1. The van der Waals surface area contributed by atoms with Gasteiger partial charge in [0.1, 0.15) is 17.7 Å². The van der Waals surface area contributed by atoms with Gasteiger partial charge in [0.2, 0.25) is 15.9 Å². The van der Waals surface area contributed by atoms with Crippen molar-refractivity contribution >= 4 is 15.9 Å². The summed E-state index contributed by atoms with van der Waals surface area (Å²) in [6.07, 6.45) is 0.0631. The molecule has 2 aromatic rings. The number of halogens is 1. The predicted molar refractivity (Wildman–Crippen MR) is 103 cm³/mol. The molecule has 150 valence electrons. The molecule has 0 saturated carbocycles. The van der Waals surface area contributed by atoms with E-state index in [0.29, 0.717) is 17.7 Å². The highest BCUT2D eigenvalue weighted by molar-refractivity contribution is 7.88. The van der Waals surface area contributed by atoms with Crippen LogP contribution in [0.4, 0.5) is 4.39 Å². The maximum absolute atomic E-state index is 13.1. The molecule has 2 aromatic carbocycles. The lowest BCUT2D eigenvalue weighted by Crippen LogP contribution is -2.49. The molecule has 0 bridgehead atoms. The van der Waals surface area contributed by atoms with Crippen LogP contribution in [0, 0.1) is 11.7 Å². The summed E-state index contributed by atoms with van der Waals surface area (Å²) in [5, 5.41) is 0. The number of nitrogens with two attached hydrogens (primary N) is 1. The fourth-order valence-electron chi connectivity index (χ4n) is 3.40. The Morgan fingerprint density at radius 3 is 2.46 bits per heavy atom. The van der Waals surface area contributed by atoms with Gasteiger partial charge in [0, 0.05) is 25.4 Å². The second-order valence-corrected chi connectivity index (χ2v) is 8.90. The van der Waals surface area contributed by atoms with Crippen molar-refractivity contribution in [2.24, 2.45) is 11.7 Å². The maximum atomic E-state index is 13.1. The van der Waals surface area contributed by atoms with Crippen molar-refractivity contribution in [1.29, 1.82) is 0 Å². The van der Waals surface area contributed by atoms with Gasteiger partial charge in [0.15, 0.2) is 0 Å². The average molecular weight is 406 g/mol. The number of nitrogens with zero attached hydrogens (tertiary/aromatic N) is 1. The zero-order valence-electron chi connectivity index (χ0n) is 15.3. The van der Waals surface area contributed by atoms with Crippen molar-refractivity contribution in [3.63, 3.8) is 0 Å². The van der Waals surface area contributed by atoms with Crippen molar-refractivity contribution in [3.8, 4) is 5.75 Å². The summed E-state index contributed by atoms with van der Waals surface area (Å²) < 4.78 is 46.0. The maximum Gasteiger partial charge on any atom is 0.218 e. The summed E-state index contributed by atoms with van der Waals surface area (Å²) in [4.78, 5) is 11.5. The Morgan fingerprint density at radius 1 is 1.14 bits per heavy atom. The smallest absolute Gasteiger partial charge is 0.218 e. The third-order valence-electron chi connectivity index (χ3n) is 4.78. The Balaban J connectivity index is 1.72. The second-order valence-electron chi connectivity index (χ2n) is 6.93. The first-order valence-corrected chi connectivity index (χ1v) is 10.7. The molecule has 0 unspecified atom stereocenters. The normalized spacial score (nSPS) is 20.6. The first-order chi connectivity index (χ1) is 13.3. The van der Waals surface area contributed by atoms with E-state index >= 15 is 0 Å². The summed E-state index contributed by atoms with van der Waals surface area (Å²) >= 11 is 0. The van der Waals surface area contributed by atoms with Crippen molar-refractivity contribution in [1.82, 2.24) is 4.31 Å². The van der Waals surface area contributed by atoms with Gasteiger partial charge in [-0.05, 0) is 36.2 Å². The van der Waals surface area contributed by atoms with E-state index in [4.69, 9.17) is 10.5 Å². The van der Waals surface area contributed by atoms with Crippen molar-refractivity contribution in [2.75, 3.05) is 13.1 Å². The largest absolute Gasteiger partial charge is 0.490 e. The van der Waals surface area contributed by atoms with Crippen LogP contribution in [0.15, 0.2) is 54.6 Å². The Bertz CT molecular complexity index is 904. The Labute approximate surface area is 164 Å². The molecule has 0 aliphatic carbocycles. The van der Waals surface area contributed by atoms with Gasteiger partial charge in [0.25, 0.3) is 0 Å². The minimum Gasteiger partial charge on any atom is -0.490 e. The first kappa shape index (κ1) is 20.3. The van der Waals surface area contributed by atoms with E-state index < -0.39 is 15.9 Å². The molecule has 2 atom stereocenters. The molecule has 0 spiro atoms. The lowest BCUT2D eigenvalue weighted by Gasteiger charge is -2.37. The first-order valence-electron chi connectivity index (χ1n) is 9.06. The highest BCUT2D eigenvalue weighted by Gasteiger charge is 2.36. The van der Waals surface area contributed by atoms with Crippen LogP contribution in [0.25, 0.3) is 0 Å². The standard InChI is InChI=1S/C20H23FN2O4S/c21-17-6-8-18(9-7-17)27-19-10-11-23(13-16(19)12-20(22)24)28(25,26)14-15-4-2-1-3-5-15/h1-9,16,19H,10-14H2,(H2,22,24)/t16-,19-/m0/s1. The van der Waals surface area contributed by atoms with Gasteiger partial charge in [-0.1, -0.05) is 30.3 Å². The number of carbonyl (C=O) groups excluding carboxylic acids is 1. The number of benzene rings is 2. The summed E-state index contributed by atoms with van der Waals surface area (Å²) in [7, 11) is -3.53. The molecule has 1 saturated heterocycles. The molecular formula is C20H23FN2O4S. The number of rotatable bonds is 7. The number of hydrogen-bond acceptors (Lipinski definition) is 4. The predicted octanol–water partition coefficient (Wildman–Crippen LogP) is 2.30. The van der Waals surface area contributed by atoms with Crippen LogP contribution >= 0.6 is 0 Å². The molecule has 1 amide bonds. The quantitative estimate of drug-likeness (QED) is 0.764. The van der Waals surface area contributed by atoms with Gasteiger partial charge in [-0.3, -0.25) is 4.79 Å². The van der Waals surface area contributed by atoms with E-state index in [-0.39, 0.29) is 43.1 Å². The highest BCUT2D eigenvalue weighted by atomic mass is 32.2. The van der Waals surface area contributed by atoms with Gasteiger partial charge in [-0.2, -0.15) is 0 Å². The Hall–Kier alpha value is -2.45. The topological polar surface area (TPSA) is 89.7 Å². The molecule has 3 rings (SSSR count). The number of amides is 1. The summed E-state index contributed by atoms with van der Waals surface area (Å²) in [6, 6.07) is 14.6. The molecule has 0 aromatic heterocycles. The fourth-order valence-corrected chi connectivity index (χ4v) is 5.00. The minimum atomic E-state index is -3.53. The number of piperidine rings is 1. The summed E-state index contributed by atoms with van der Waals surface area (Å²) in [6.45, 7) is 0.445. The number of sulfonamides is 1. The van der Waals surface area contributed by atoms with Crippen molar-refractivity contribution in [2.45, 2.75) is 24.7 Å². The second kappa shape index (κ2) is 8.70. The minimum absolute atomic E-state index is 0.0171. The zero-order chi connectivity index (χ0) is 20.1. The van der Waals surface area contributed by atoms with E-state index in [0.717, 1.165) is 0 Å². The van der Waals surface area contributed by atoms with Crippen molar-refractivity contribution < 1.29 is 22.3 Å². The molecule has 6 nitrogen and oxygen atoms in total. The van der Waals surface area contributed by atoms with Crippen LogP contribution in [-0.4, -0.2) is 37.8 Å². The van der Waals surface area contributed by atoms with E-state index in [1.54, 1.807) is 24.3 Å². The van der Waals surface area contributed by atoms with Crippen LogP contribution in [0.5, 0.6) is 5.75 Å². The Kier molecular flexibility index (Phi) is 6.31. The van der Waals surface area contributed by atoms with Crippen LogP contribution in [0.3, 0.4) is 0 Å². The lowest BCUT2D eigenvalue weighted by atomic mass is 9.92. The Morgan fingerprint density at radius 2 is 1.82 bits per heavy atom. The molecule has 1 aliphatic rings. The molecular weight excluding hydrogens is 383 g/mol. The van der Waals surface area contributed by atoms with E-state index in [9.17, 15) is 17.6 Å². The molecule has 0 radical (unpaired) electrons. The number of carbonyl (C=O) groups is 1. The SMILES string of the molecule is NC(=O)C[C@H]1CN(S(=O)(=O)Cc2ccccc2)CC[C@@H]1Oc1ccc(F)cc1. The third kappa shape index (κ3) is 5.30. The fraction of sp³-hybridized carbons (Fsp3) is 0.350. The molecule has 8 heteroatoms. The molecule has 1 fully saturated rings. The van der Waals surface area contributed by atoms with Gasteiger partial charge in [-0.15, -0.1) is 0 Å². The van der Waals surface area contributed by atoms with Gasteiger partial charge in [-0.25, -0.2) is 17.1 Å². The highest BCUT2D eigenvalue weighted by Crippen LogP contribution is 2.28. The summed E-state index contributed by atoms with van der Waals surface area (Å²) in [5.74, 6) is -0.883. The van der Waals surface area contributed by atoms with Gasteiger partial charge < -0.3 is 10.5 Å². The van der Waals surface area contributed by atoms with Crippen LogP contribution in [0.1, 0.15) is 18.4 Å². The monoisotopic (exact) mass is 406 g/mol. The van der Waals surface area contributed by atoms with Crippen LogP contribution in [-0.2, 0) is 20.6 Å². The number of ether oxygens (including phenoxy) is 1. The molecule has 28 heavy (non-hydrogen) atoms. The molecule has 2 N–H and O–H groups in total. The van der Waals surface area contributed by atoms with Crippen LogP contribution in [0.2, 0.25) is 0 Å². The summed E-state index contributed by atoms with van der Waals surface area (Å²) in [5.41, 5.74) is 6.07. The van der Waals surface area contributed by atoms with E-state index in [1.165, 1.54) is 28.6 Å².